The summed E-state index contributed by atoms with van der Waals surface area (Å²) >= 11 is 0. The molecule has 5 aromatic rings. The van der Waals surface area contributed by atoms with Gasteiger partial charge in [0.1, 0.15) is 23.7 Å². The molecule has 2 heterocycles. The molecule has 0 bridgehead atoms. The molecule has 12 nitrogen and oxygen atoms in total. The van der Waals surface area contributed by atoms with E-state index in [0.29, 0.717) is 50.9 Å². The maximum absolute atomic E-state index is 14.5. The van der Waals surface area contributed by atoms with E-state index >= 15 is 0 Å². The monoisotopic (exact) mass is 667 g/mol. The molecule has 1 amide bonds. The lowest BCUT2D eigenvalue weighted by Gasteiger charge is -2.21. The van der Waals surface area contributed by atoms with Crippen LogP contribution in [0, 0.1) is 0 Å². The molecule has 0 saturated heterocycles. The van der Waals surface area contributed by atoms with Crippen LogP contribution in [0.5, 0.6) is 23.0 Å². The molecule has 0 saturated carbocycles. The summed E-state index contributed by atoms with van der Waals surface area (Å²) in [5.41, 5.74) is 1.20. The van der Waals surface area contributed by atoms with Gasteiger partial charge in [-0.2, -0.15) is 0 Å². The number of aromatic nitrogens is 2. The van der Waals surface area contributed by atoms with Gasteiger partial charge < -0.3 is 28.4 Å². The van der Waals surface area contributed by atoms with Gasteiger partial charge in [-0.3, -0.25) is 19.7 Å². The van der Waals surface area contributed by atoms with Crippen LogP contribution in [0.15, 0.2) is 83.9 Å². The van der Waals surface area contributed by atoms with Crippen molar-refractivity contribution in [2.24, 2.45) is 0 Å². The zero-order valence-electron chi connectivity index (χ0n) is 28.3. The summed E-state index contributed by atoms with van der Waals surface area (Å²) in [5.74, 6) is 0.694. The minimum Gasteiger partial charge on any atom is -0.493 e. The van der Waals surface area contributed by atoms with Gasteiger partial charge in [-0.15, -0.1) is 0 Å². The molecule has 3 aromatic carbocycles. The predicted molar refractivity (Wildman–Crippen MR) is 184 cm³/mol. The summed E-state index contributed by atoms with van der Waals surface area (Å²) in [5, 5.41) is 3.39. The van der Waals surface area contributed by atoms with Crippen molar-refractivity contribution in [3.05, 3.63) is 101 Å². The molecular formula is C37H37N3O9. The highest BCUT2D eigenvalue weighted by atomic mass is 16.6. The van der Waals surface area contributed by atoms with Gasteiger partial charge in [-0.05, 0) is 92.4 Å². The number of methoxy groups -OCH3 is 4. The van der Waals surface area contributed by atoms with Crippen molar-refractivity contribution in [2.75, 3.05) is 33.8 Å². The number of hydrogen-bond acceptors (Lipinski definition) is 10. The third-order valence-corrected chi connectivity index (χ3v) is 7.39. The summed E-state index contributed by atoms with van der Waals surface area (Å²) < 4.78 is 34.7. The van der Waals surface area contributed by atoms with Crippen molar-refractivity contribution in [2.45, 2.75) is 33.0 Å². The van der Waals surface area contributed by atoms with E-state index in [0.717, 1.165) is 5.56 Å². The van der Waals surface area contributed by atoms with Crippen LogP contribution in [0.2, 0.25) is 0 Å². The van der Waals surface area contributed by atoms with Gasteiger partial charge in [-0.1, -0.05) is 6.07 Å². The summed E-state index contributed by atoms with van der Waals surface area (Å²) in [6, 6.07) is 18.6. The van der Waals surface area contributed by atoms with Gasteiger partial charge >= 0.3 is 12.1 Å². The van der Waals surface area contributed by atoms with Gasteiger partial charge in [-0.25, -0.2) is 9.59 Å². The van der Waals surface area contributed by atoms with Crippen LogP contribution in [0.1, 0.15) is 36.8 Å². The molecule has 12 heteroatoms. The summed E-state index contributed by atoms with van der Waals surface area (Å²) in [6.07, 6.45) is 2.73. The van der Waals surface area contributed by atoms with Crippen molar-refractivity contribution in [3.63, 3.8) is 0 Å². The average Bonchev–Trinajstić information content (AvgIpc) is 3.09. The fraction of sp³-hybridized carbons (Fsp3) is 0.243. The van der Waals surface area contributed by atoms with Crippen LogP contribution in [-0.4, -0.2) is 55.7 Å². The minimum atomic E-state index is -0.768. The van der Waals surface area contributed by atoms with Crippen LogP contribution in [0.25, 0.3) is 27.6 Å². The molecular weight excluding hydrogens is 630 g/mol. The Bertz CT molecular complexity index is 2030. The number of carbonyl (C=O) groups is 2. The number of pyridine rings is 2. The fourth-order valence-corrected chi connectivity index (χ4v) is 5.29. The van der Waals surface area contributed by atoms with Crippen LogP contribution in [0.3, 0.4) is 0 Å². The van der Waals surface area contributed by atoms with Gasteiger partial charge in [0.2, 0.25) is 5.75 Å². The highest BCUT2D eigenvalue weighted by Crippen LogP contribution is 2.44. The second-order valence-electron chi connectivity index (χ2n) is 11.8. The Hall–Kier alpha value is -6.04. The van der Waals surface area contributed by atoms with Crippen molar-refractivity contribution in [1.82, 2.24) is 9.55 Å². The molecule has 2 aromatic heterocycles. The second-order valence-corrected chi connectivity index (χ2v) is 11.8. The van der Waals surface area contributed by atoms with Crippen LogP contribution in [-0.2, 0) is 16.1 Å². The lowest BCUT2D eigenvalue weighted by molar-refractivity contribution is 0.0589. The van der Waals surface area contributed by atoms with Gasteiger partial charge in [0.15, 0.2) is 11.5 Å². The van der Waals surface area contributed by atoms with Crippen molar-refractivity contribution in [1.29, 1.82) is 0 Å². The largest absolute Gasteiger partial charge is 0.493 e. The molecule has 1 N–H and O–H groups in total. The van der Waals surface area contributed by atoms with E-state index in [2.05, 4.69) is 10.3 Å². The highest BCUT2D eigenvalue weighted by Gasteiger charge is 2.27. The van der Waals surface area contributed by atoms with E-state index < -0.39 is 23.2 Å². The Labute approximate surface area is 283 Å². The maximum atomic E-state index is 14.5. The molecule has 5 rings (SSSR count). The van der Waals surface area contributed by atoms with Crippen LogP contribution in [0.4, 0.5) is 10.5 Å². The number of nitrogens with zero attached hydrogens (tertiary/aromatic N) is 2. The third kappa shape index (κ3) is 7.43. The number of fused-ring (bicyclic) bond motifs is 1. The number of benzene rings is 3. The SMILES string of the molecule is COC(=O)c1c(-c2cc(OC)c(OC)c(OC)c2)c2ccc(OCc3cccnc3)cc2c(=O)n1-c1ccc(NC(=O)OC(C)(C)C)cc1. The topological polar surface area (TPSA) is 136 Å². The quantitative estimate of drug-likeness (QED) is 0.159. The molecule has 0 unspecified atom stereocenters. The summed E-state index contributed by atoms with van der Waals surface area (Å²) in [6.45, 7) is 5.50. The van der Waals surface area contributed by atoms with E-state index in [-0.39, 0.29) is 17.7 Å². The molecule has 0 aliphatic carbocycles. The minimum absolute atomic E-state index is 0.0499. The number of carbonyl (C=O) groups excluding carboxylic acids is 2. The van der Waals surface area contributed by atoms with Gasteiger partial charge in [0.05, 0.1) is 33.8 Å². The third-order valence-electron chi connectivity index (χ3n) is 7.39. The first-order valence-electron chi connectivity index (χ1n) is 15.2. The Kier molecular flexibility index (Phi) is 10.1. The second kappa shape index (κ2) is 14.4. The van der Waals surface area contributed by atoms with Gasteiger partial charge in [0.25, 0.3) is 5.56 Å². The van der Waals surface area contributed by atoms with E-state index in [1.165, 1.54) is 33.0 Å². The Balaban J connectivity index is 1.76. The zero-order chi connectivity index (χ0) is 35.3. The molecule has 0 fully saturated rings. The van der Waals surface area contributed by atoms with E-state index in [1.807, 2.05) is 12.1 Å². The summed E-state index contributed by atoms with van der Waals surface area (Å²) in [7, 11) is 5.70. The van der Waals surface area contributed by atoms with Crippen molar-refractivity contribution in [3.8, 4) is 39.8 Å². The summed E-state index contributed by atoms with van der Waals surface area (Å²) in [4.78, 5) is 44.7. The first-order chi connectivity index (χ1) is 23.5. The maximum Gasteiger partial charge on any atom is 0.412 e. The predicted octanol–water partition coefficient (Wildman–Crippen LogP) is 6.79. The first-order valence-corrected chi connectivity index (χ1v) is 15.2. The number of anilines is 1. The highest BCUT2D eigenvalue weighted by molar-refractivity contribution is 6.08. The molecule has 0 aliphatic rings. The van der Waals surface area contributed by atoms with Crippen molar-refractivity contribution >= 4 is 28.5 Å². The number of amides is 1. The van der Waals surface area contributed by atoms with E-state index in [1.54, 1.807) is 87.8 Å². The van der Waals surface area contributed by atoms with Gasteiger partial charge in [0, 0.05) is 34.9 Å². The molecule has 49 heavy (non-hydrogen) atoms. The van der Waals surface area contributed by atoms with Crippen LogP contribution >= 0.6 is 0 Å². The molecule has 0 spiro atoms. The van der Waals surface area contributed by atoms with Crippen LogP contribution < -0.4 is 29.8 Å². The van der Waals surface area contributed by atoms with Crippen molar-refractivity contribution < 1.29 is 38.0 Å². The molecule has 0 radical (unpaired) electrons. The lowest BCUT2D eigenvalue weighted by Crippen LogP contribution is -2.27. The fourth-order valence-electron chi connectivity index (χ4n) is 5.29. The Morgan fingerprint density at radius 2 is 1.55 bits per heavy atom. The number of hydrogen-bond donors (Lipinski definition) is 1. The smallest absolute Gasteiger partial charge is 0.412 e. The first kappa shape index (κ1) is 34.3. The van der Waals surface area contributed by atoms with E-state index in [9.17, 15) is 14.4 Å². The normalized spacial score (nSPS) is 11.1. The van der Waals surface area contributed by atoms with E-state index in [4.69, 9.17) is 28.4 Å². The molecule has 0 atom stereocenters. The number of ether oxygens (including phenoxy) is 6. The molecule has 0 aliphatic heterocycles. The number of nitrogens with one attached hydrogen (secondary N) is 1. The lowest BCUT2D eigenvalue weighted by atomic mass is 9.95. The standard InChI is InChI=1S/C37H37N3O9/c1-37(2,3)49-36(43)39-24-10-12-25(13-11-24)40-32(35(42)47-7)31(23-17-29(44-4)33(46-6)30(18-23)45-5)27-15-14-26(19-28(27)34(40)41)48-21-22-9-8-16-38-20-22/h8-20H,21H2,1-7H3,(H,39,43). The molecule has 254 valence electrons. The zero-order valence-corrected chi connectivity index (χ0v) is 28.3. The average molecular weight is 668 g/mol. The number of esters is 1. The Morgan fingerprint density at radius 1 is 0.857 bits per heavy atom. The number of rotatable bonds is 10. The Morgan fingerprint density at radius 3 is 2.12 bits per heavy atom.